The molecule has 0 spiro atoms. The van der Waals surface area contributed by atoms with Gasteiger partial charge in [-0.25, -0.2) is 8.42 Å². The van der Waals surface area contributed by atoms with Gasteiger partial charge in [0.15, 0.2) is 0 Å². The van der Waals surface area contributed by atoms with Crippen molar-refractivity contribution in [3.8, 4) is 0 Å². The van der Waals surface area contributed by atoms with E-state index in [2.05, 4.69) is 0 Å². The van der Waals surface area contributed by atoms with Crippen molar-refractivity contribution in [2.75, 3.05) is 19.0 Å². The Morgan fingerprint density at radius 1 is 1.38 bits per heavy atom. The van der Waals surface area contributed by atoms with Gasteiger partial charge in [-0.3, -0.25) is 0 Å². The highest BCUT2D eigenvalue weighted by atomic mass is 35.7. The van der Waals surface area contributed by atoms with Crippen LogP contribution in [0.25, 0.3) is 0 Å². The van der Waals surface area contributed by atoms with Gasteiger partial charge >= 0.3 is 0 Å². The lowest BCUT2D eigenvalue weighted by Gasteiger charge is -2.09. The van der Waals surface area contributed by atoms with Gasteiger partial charge in [0.1, 0.15) is 0 Å². The zero-order valence-corrected chi connectivity index (χ0v) is 9.70. The van der Waals surface area contributed by atoms with Crippen molar-refractivity contribution in [3.63, 3.8) is 0 Å². The minimum absolute atomic E-state index is 0.0574. The Morgan fingerprint density at radius 2 is 2.00 bits per heavy atom. The average molecular weight is 229 g/mol. The molecule has 0 aromatic heterocycles. The van der Waals surface area contributed by atoms with Crippen LogP contribution in [0.5, 0.6) is 0 Å². The lowest BCUT2D eigenvalue weighted by Crippen LogP contribution is -2.07. The van der Waals surface area contributed by atoms with Gasteiger partial charge in [0.2, 0.25) is 9.05 Å². The fraction of sp³-hybridized carbons (Fsp3) is 1.00. The summed E-state index contributed by atoms with van der Waals surface area (Å²) in [4.78, 5) is 0. The van der Waals surface area contributed by atoms with E-state index in [0.29, 0.717) is 25.6 Å². The molecule has 0 aliphatic rings. The molecule has 0 heterocycles. The molecule has 1 unspecified atom stereocenters. The normalized spacial score (nSPS) is 14.4. The Kier molecular flexibility index (Phi) is 6.73. The minimum Gasteiger partial charge on any atom is -0.382 e. The summed E-state index contributed by atoms with van der Waals surface area (Å²) in [7, 11) is 1.76. The maximum Gasteiger partial charge on any atom is 0.232 e. The third-order valence-corrected chi connectivity index (χ3v) is 3.00. The Morgan fingerprint density at radius 3 is 2.46 bits per heavy atom. The first-order valence-electron chi connectivity index (χ1n) is 4.45. The molecule has 0 saturated heterocycles. The van der Waals surface area contributed by atoms with Crippen LogP contribution in [0.4, 0.5) is 0 Å². The van der Waals surface area contributed by atoms with Crippen molar-refractivity contribution in [1.82, 2.24) is 0 Å². The molecule has 0 radical (unpaired) electrons. The molecule has 0 aliphatic carbocycles. The van der Waals surface area contributed by atoms with Crippen LogP contribution in [0.2, 0.25) is 0 Å². The first-order chi connectivity index (χ1) is 5.95. The van der Waals surface area contributed by atoms with E-state index < -0.39 is 9.05 Å². The van der Waals surface area contributed by atoms with Crippen LogP contribution in [0.3, 0.4) is 0 Å². The topological polar surface area (TPSA) is 43.4 Å². The third kappa shape index (κ3) is 10.1. The second-order valence-corrected chi connectivity index (χ2v) is 6.02. The van der Waals surface area contributed by atoms with Crippen LogP contribution in [0.1, 0.15) is 26.7 Å². The molecule has 1 atom stereocenters. The van der Waals surface area contributed by atoms with E-state index >= 15 is 0 Å². The zero-order valence-electron chi connectivity index (χ0n) is 8.12. The predicted octanol–water partition coefficient (Wildman–Crippen LogP) is 2.01. The van der Waals surface area contributed by atoms with Crippen molar-refractivity contribution < 1.29 is 13.2 Å². The first-order valence-corrected chi connectivity index (χ1v) is 6.93. The van der Waals surface area contributed by atoms with E-state index in [1.807, 2.05) is 13.8 Å². The summed E-state index contributed by atoms with van der Waals surface area (Å²) < 4.78 is 26.4. The number of hydrogen-bond acceptors (Lipinski definition) is 3. The molecule has 0 amide bonds. The van der Waals surface area contributed by atoms with E-state index in [0.717, 1.165) is 6.42 Å². The maximum absolute atomic E-state index is 10.6. The number of halogens is 1. The van der Waals surface area contributed by atoms with Crippen molar-refractivity contribution in [2.45, 2.75) is 26.7 Å². The maximum atomic E-state index is 10.6. The molecule has 0 fully saturated rings. The Balaban J connectivity index is 3.46. The number of hydrogen-bond donors (Lipinski definition) is 0. The summed E-state index contributed by atoms with van der Waals surface area (Å²) in [6, 6.07) is 0. The molecule has 13 heavy (non-hydrogen) atoms. The van der Waals surface area contributed by atoms with Crippen LogP contribution in [-0.4, -0.2) is 27.4 Å². The summed E-state index contributed by atoms with van der Waals surface area (Å²) in [6.07, 6.45) is 1.50. The molecule has 0 rings (SSSR count). The largest absolute Gasteiger partial charge is 0.382 e. The Hall–Kier alpha value is 0.200. The summed E-state index contributed by atoms with van der Waals surface area (Å²) in [6.45, 7) is 5.34. The molecular weight excluding hydrogens is 212 g/mol. The first kappa shape index (κ1) is 13.2. The van der Waals surface area contributed by atoms with Crippen molar-refractivity contribution in [1.29, 1.82) is 0 Å². The molecular formula is C8H17ClO3S. The molecule has 0 saturated carbocycles. The predicted molar refractivity (Wildman–Crippen MR) is 54.5 cm³/mol. The molecule has 5 heteroatoms. The van der Waals surface area contributed by atoms with E-state index in [1.165, 1.54) is 0 Å². The second-order valence-electron chi connectivity index (χ2n) is 3.12. The van der Waals surface area contributed by atoms with Gasteiger partial charge in [0.05, 0.1) is 5.75 Å². The summed E-state index contributed by atoms with van der Waals surface area (Å²) in [5.74, 6) is 0.405. The molecule has 0 aromatic carbocycles. The van der Waals surface area contributed by atoms with Gasteiger partial charge in [-0.2, -0.15) is 0 Å². The summed E-state index contributed by atoms with van der Waals surface area (Å²) in [5.41, 5.74) is 0. The quantitative estimate of drug-likeness (QED) is 0.495. The van der Waals surface area contributed by atoms with Crippen molar-refractivity contribution in [2.24, 2.45) is 5.92 Å². The highest BCUT2D eigenvalue weighted by Crippen LogP contribution is 2.11. The highest BCUT2D eigenvalue weighted by Gasteiger charge is 2.09. The van der Waals surface area contributed by atoms with Crippen LogP contribution in [-0.2, 0) is 13.8 Å². The summed E-state index contributed by atoms with van der Waals surface area (Å²) in [5, 5.41) is 0. The average Bonchev–Trinajstić information content (AvgIpc) is 2.00. The Labute approximate surface area is 84.8 Å². The molecule has 80 valence electrons. The van der Waals surface area contributed by atoms with E-state index in [-0.39, 0.29) is 5.75 Å². The summed E-state index contributed by atoms with van der Waals surface area (Å²) >= 11 is 0. The van der Waals surface area contributed by atoms with Crippen molar-refractivity contribution in [3.05, 3.63) is 0 Å². The molecule has 3 nitrogen and oxygen atoms in total. The van der Waals surface area contributed by atoms with E-state index in [1.54, 1.807) is 0 Å². The van der Waals surface area contributed by atoms with Gasteiger partial charge in [-0.1, -0.05) is 6.92 Å². The Bertz CT molecular complexity index is 213. The zero-order chi connectivity index (χ0) is 10.3. The lowest BCUT2D eigenvalue weighted by atomic mass is 10.1. The standard InChI is InChI=1S/C8H17ClO3S/c1-3-12-6-4-8(2)5-7-13(9,10)11/h8H,3-7H2,1-2H3. The van der Waals surface area contributed by atoms with Gasteiger partial charge < -0.3 is 4.74 Å². The molecule has 0 aliphatic heterocycles. The van der Waals surface area contributed by atoms with Gasteiger partial charge in [-0.05, 0) is 25.7 Å². The minimum atomic E-state index is -3.32. The highest BCUT2D eigenvalue weighted by molar-refractivity contribution is 8.13. The fourth-order valence-corrected chi connectivity index (χ4v) is 1.87. The van der Waals surface area contributed by atoms with Gasteiger partial charge in [0, 0.05) is 23.9 Å². The van der Waals surface area contributed by atoms with Crippen LogP contribution < -0.4 is 0 Å². The third-order valence-electron chi connectivity index (χ3n) is 1.81. The van der Waals surface area contributed by atoms with Gasteiger partial charge in [0.25, 0.3) is 0 Å². The second kappa shape index (κ2) is 6.62. The number of rotatable bonds is 7. The molecule has 0 aromatic rings. The molecule has 0 bridgehead atoms. The van der Waals surface area contributed by atoms with E-state index in [9.17, 15) is 8.42 Å². The van der Waals surface area contributed by atoms with Crippen molar-refractivity contribution >= 4 is 19.7 Å². The number of ether oxygens (including phenoxy) is 1. The fourth-order valence-electron chi connectivity index (χ4n) is 0.915. The monoisotopic (exact) mass is 228 g/mol. The lowest BCUT2D eigenvalue weighted by molar-refractivity contribution is 0.133. The van der Waals surface area contributed by atoms with Crippen LogP contribution in [0, 0.1) is 5.92 Å². The van der Waals surface area contributed by atoms with Crippen LogP contribution in [0.15, 0.2) is 0 Å². The molecule has 0 N–H and O–H groups in total. The SMILES string of the molecule is CCOCCC(C)CCS(=O)(=O)Cl. The van der Waals surface area contributed by atoms with E-state index in [4.69, 9.17) is 15.4 Å². The van der Waals surface area contributed by atoms with Crippen LogP contribution >= 0.6 is 10.7 Å². The van der Waals surface area contributed by atoms with Gasteiger partial charge in [-0.15, -0.1) is 0 Å². The smallest absolute Gasteiger partial charge is 0.232 e.